The molecule has 11 aliphatic rings. The third-order valence-electron chi connectivity index (χ3n) is 27.8. The first kappa shape index (κ1) is 104. The lowest BCUT2D eigenvalue weighted by Crippen LogP contribution is -2.52. The van der Waals surface area contributed by atoms with Crippen molar-refractivity contribution in [2.24, 2.45) is 0 Å². The number of thiazole rings is 1. The quantitative estimate of drug-likeness (QED) is 0.0355. The average molecular weight is 1950 g/mol. The van der Waals surface area contributed by atoms with Gasteiger partial charge in [0.15, 0.2) is 10.2 Å². The smallest absolute Gasteiger partial charge is 0.320 e. The first-order valence-corrected chi connectivity index (χ1v) is 51.7. The fourth-order valence-corrected chi connectivity index (χ4v) is 21.0. The highest BCUT2D eigenvalue weighted by Gasteiger charge is 2.40. The molecule has 0 aliphatic carbocycles. The number of piperidine rings is 9. The third kappa shape index (κ3) is 31.2. The molecule has 0 spiro atoms. The number of hydrogen-bond donors (Lipinski definition) is 13. The van der Waals surface area contributed by atoms with E-state index in [4.69, 9.17) is 11.6 Å². The van der Waals surface area contributed by atoms with Gasteiger partial charge in [0.1, 0.15) is 0 Å². The summed E-state index contributed by atoms with van der Waals surface area (Å²) in [6.07, 6.45) is 19.8. The van der Waals surface area contributed by atoms with Crippen LogP contribution < -0.4 is 58.1 Å². The van der Waals surface area contributed by atoms with Gasteiger partial charge in [0.05, 0.1) is 44.7 Å². The topological polar surface area (TPSA) is 363 Å². The van der Waals surface area contributed by atoms with Gasteiger partial charge in [-0.05, 0) is 339 Å². The van der Waals surface area contributed by atoms with E-state index in [-0.39, 0.29) is 78.3 Å². The molecule has 18 rings (SSSR count). The summed E-state index contributed by atoms with van der Waals surface area (Å²) in [5.41, 5.74) is 11.5. The fraction of sp³-hybridized carbons (Fsp3) is 0.556. The molecule has 2 aromatic heterocycles. The summed E-state index contributed by atoms with van der Waals surface area (Å²) in [5.74, 6) is 0.672. The molecule has 9 fully saturated rings. The van der Waals surface area contributed by atoms with Crippen molar-refractivity contribution in [3.63, 3.8) is 0 Å². The summed E-state index contributed by atoms with van der Waals surface area (Å²) >= 11 is 10.7. The standard InChI is InChI=1S/C20H28N4O2.C18H26ClN3O2.C18H27N3O2.C15H21N5OS.C15H20N4OS2.C13H21N5O/c1-22-10-6-16(7-11-22)21-20(26)23-12-8-17(9-13-23)24-14-15-4-2-3-5-18(15)19(24)25;1-21-10-6-16(7-11-21)20-17(23)22-12-8-18(24,9-13-22)14-2-4-15(19)5-3-14;1-20-11-7-16(8-12-20)19-17(22)21-13-9-18(23,10-14-21)15-5-3-2-4-6-15;1-20-8-6-13(7-9-20)17-15(21)16-12-4-2-11(3-5-12)14-10-22-19-18-14;1-19-7-5-10(6-8-19)16-14(20)17-11-3-4-12-13(9-11)22-15(18-12)21-2;1-9-8-14-12(10(2)15-9)17-13(19)16-11-4-6-18(3)7-5-11/h2-5,16-17H,6-14H2,1H3,(H,21,26);2-5,16,24H,6-13H2,1H3,(H,20,23);2-6,16,23H,7-14H2,1H3,(H,19,22);2-5,10,13,18-19H,6-9H2,1H3,(H2,16,17,21);3-4,9-10H,5-8H2,1-2H3,(H2,16,17,20);8,11H,4-7H2,1-3H3,(H2,14,16,17,19). The van der Waals surface area contributed by atoms with Gasteiger partial charge in [0.2, 0.25) is 0 Å². The van der Waals surface area contributed by atoms with Gasteiger partial charge in [-0.15, -0.1) is 11.3 Å². The van der Waals surface area contributed by atoms with Gasteiger partial charge >= 0.3 is 36.2 Å². The van der Waals surface area contributed by atoms with Gasteiger partial charge < -0.3 is 107 Å². The van der Waals surface area contributed by atoms with Gasteiger partial charge in [-0.1, -0.05) is 96.2 Å². The summed E-state index contributed by atoms with van der Waals surface area (Å²) in [6, 6.07) is 40.2. The van der Waals surface area contributed by atoms with Crippen LogP contribution in [0, 0.1) is 13.8 Å². The Kier molecular flexibility index (Phi) is 38.7. The number of amides is 13. The number of carbonyl (C=O) groups excluding carboxylic acids is 7. The molecule has 0 radical (unpaired) electrons. The minimum atomic E-state index is -0.866. The monoisotopic (exact) mass is 1940 g/mol. The molecule has 5 aromatic carbocycles. The molecule has 37 heteroatoms. The number of aryl methyl sites for hydroxylation is 2. The van der Waals surface area contributed by atoms with Crippen molar-refractivity contribution >= 4 is 122 Å². The number of fused-ring (bicyclic) bond motifs is 2. The first-order chi connectivity index (χ1) is 65.5. The molecule has 0 bridgehead atoms. The van der Waals surface area contributed by atoms with Crippen LogP contribution in [0.4, 0.5) is 46.0 Å². The van der Waals surface area contributed by atoms with Crippen LogP contribution in [0.15, 0.2) is 137 Å². The van der Waals surface area contributed by atoms with E-state index in [1.54, 1.807) is 41.4 Å². The molecular weight excluding hydrogens is 1800 g/mol. The van der Waals surface area contributed by atoms with Crippen LogP contribution >= 0.6 is 46.6 Å². The summed E-state index contributed by atoms with van der Waals surface area (Å²) in [5, 5.41) is 51.5. The maximum atomic E-state index is 12.6. The van der Waals surface area contributed by atoms with Gasteiger partial charge in [0.25, 0.3) is 5.91 Å². The van der Waals surface area contributed by atoms with Gasteiger partial charge in [0, 0.05) is 115 Å². The Morgan fingerprint density at radius 3 is 1.29 bits per heavy atom. The van der Waals surface area contributed by atoms with Gasteiger partial charge in [-0.3, -0.25) is 15.1 Å². The molecule has 33 nitrogen and oxygen atoms in total. The molecular formula is C99H143ClN24O9S3. The molecule has 136 heavy (non-hydrogen) atoms. The number of urea groups is 6. The van der Waals surface area contributed by atoms with Crippen molar-refractivity contribution in [1.29, 1.82) is 0 Å². The molecule has 9 saturated heterocycles. The zero-order chi connectivity index (χ0) is 96.3. The second-order valence-corrected chi connectivity index (χ2v) is 41.3. The highest BCUT2D eigenvalue weighted by Crippen LogP contribution is 2.37. The van der Waals surface area contributed by atoms with Crippen LogP contribution in [-0.4, -0.2) is 325 Å². The SMILES string of the molecule is CN1CCC(NC(=O)N2CCC(N3Cc4ccccc4C3=O)CC2)CC1.CN1CCC(NC(=O)N2CCC(O)(c3ccc(Cl)cc3)CC2)CC1.CN1CCC(NC(=O)N2CCC(O)(c3ccccc3)CC2)CC1.CN1CCC(NC(=O)Nc2ccc(C3=CSNN3)cc2)CC1.CSc1nc2ccc(NC(=O)NC3CCN(C)CC3)cc2s1.Cc1cnc(NC(=O)NC2CCN(C)CC2)c(C)n1. The minimum absolute atomic E-state index is 0.00251. The summed E-state index contributed by atoms with van der Waals surface area (Å²) < 4.78 is 2.14. The Morgan fingerprint density at radius 1 is 0.463 bits per heavy atom. The van der Waals surface area contributed by atoms with E-state index in [1.807, 2.05) is 154 Å². The molecule has 7 aromatic rings. The van der Waals surface area contributed by atoms with Gasteiger partial charge in [-0.25, -0.2) is 38.7 Å². The molecule has 13 heterocycles. The highest BCUT2D eigenvalue weighted by molar-refractivity contribution is 8.00. The number of likely N-dealkylation sites (tertiary alicyclic amines) is 9. The number of hydrogen-bond acceptors (Lipinski definition) is 23. The van der Waals surface area contributed by atoms with E-state index < -0.39 is 11.2 Å². The zero-order valence-electron chi connectivity index (χ0n) is 80.6. The number of nitrogens with one attached hydrogen (secondary N) is 11. The van der Waals surface area contributed by atoms with E-state index in [1.165, 1.54) is 11.9 Å². The number of aliphatic hydroxyl groups is 2. The predicted molar refractivity (Wildman–Crippen MR) is 545 cm³/mol. The lowest BCUT2D eigenvalue weighted by atomic mass is 9.84. The Balaban J connectivity index is 0.000000138. The molecule has 0 atom stereocenters. The zero-order valence-corrected chi connectivity index (χ0v) is 83.8. The van der Waals surface area contributed by atoms with Crippen molar-refractivity contribution in [3.8, 4) is 0 Å². The normalized spacial score (nSPS) is 20.4. The summed E-state index contributed by atoms with van der Waals surface area (Å²) in [6.45, 7) is 20.6. The Bertz CT molecular complexity index is 5040. The highest BCUT2D eigenvalue weighted by atomic mass is 35.5. The van der Waals surface area contributed by atoms with Crippen LogP contribution in [0.25, 0.3) is 15.9 Å². The van der Waals surface area contributed by atoms with E-state index >= 15 is 0 Å². The lowest BCUT2D eigenvalue weighted by Gasteiger charge is -2.39. The van der Waals surface area contributed by atoms with E-state index in [0.717, 1.165) is 252 Å². The average Bonchev–Trinajstić information content (AvgIpc) is 1.70. The number of halogens is 1. The maximum absolute atomic E-state index is 12.6. The minimum Gasteiger partial charge on any atom is -0.385 e. The molecule has 13 amide bonds. The van der Waals surface area contributed by atoms with Crippen LogP contribution in [-0.2, 0) is 17.7 Å². The number of benzene rings is 5. The second kappa shape index (κ2) is 50.8. The molecule has 0 unspecified atom stereocenters. The van der Waals surface area contributed by atoms with E-state index in [0.29, 0.717) is 75.3 Å². The van der Waals surface area contributed by atoms with Crippen molar-refractivity contribution < 1.29 is 43.8 Å². The van der Waals surface area contributed by atoms with Crippen molar-refractivity contribution in [1.82, 2.24) is 106 Å². The number of rotatable bonds is 14. The molecule has 738 valence electrons. The number of anilines is 3. The number of nitrogens with zero attached hydrogens (tertiary/aromatic N) is 13. The molecule has 11 aliphatic heterocycles. The number of thioether (sulfide) groups is 1. The van der Waals surface area contributed by atoms with Gasteiger partial charge in [-0.2, -0.15) is 4.83 Å². The maximum Gasteiger partial charge on any atom is 0.320 e. The predicted octanol–water partition coefficient (Wildman–Crippen LogP) is 12.6. The van der Waals surface area contributed by atoms with Crippen molar-refractivity contribution in [3.05, 3.63) is 177 Å². The second-order valence-electron chi connectivity index (χ2n) is 38.1. The molecule has 0 saturated carbocycles. The van der Waals surface area contributed by atoms with Crippen LogP contribution in [0.3, 0.4) is 0 Å². The Hall–Kier alpha value is -9.67. The number of carbonyl (C=O) groups is 7. The fourth-order valence-electron chi connectivity index (χ4n) is 18.8. The Morgan fingerprint density at radius 2 is 0.868 bits per heavy atom. The van der Waals surface area contributed by atoms with Crippen LogP contribution in [0.5, 0.6) is 0 Å². The third-order valence-corrected chi connectivity index (χ3v) is 30.6. The van der Waals surface area contributed by atoms with Crippen molar-refractivity contribution in [2.75, 3.05) is 182 Å². The first-order valence-electron chi connectivity index (χ1n) is 48.4. The Labute approximate surface area is 819 Å². The summed E-state index contributed by atoms with van der Waals surface area (Å²) in [4.78, 5) is 123. The molecule has 13 N–H and O–H groups in total. The number of aromatic nitrogens is 3. The van der Waals surface area contributed by atoms with Crippen LogP contribution in [0.2, 0.25) is 5.02 Å². The lowest BCUT2D eigenvalue weighted by molar-refractivity contribution is -0.0176. The van der Waals surface area contributed by atoms with Crippen molar-refractivity contribution in [2.45, 2.75) is 194 Å². The van der Waals surface area contributed by atoms with Crippen LogP contribution in [0.1, 0.15) is 160 Å². The van der Waals surface area contributed by atoms with E-state index in [9.17, 15) is 43.8 Å². The summed E-state index contributed by atoms with van der Waals surface area (Å²) in [7, 11) is 12.7. The van der Waals surface area contributed by atoms with E-state index in [2.05, 4.69) is 145 Å². The number of hydrazine groups is 1. The largest absolute Gasteiger partial charge is 0.385 e.